The van der Waals surface area contributed by atoms with Gasteiger partial charge in [0.1, 0.15) is 6.61 Å². The number of nitrogens with zero attached hydrogens (tertiary/aromatic N) is 2. The normalized spacial score (nSPS) is 10.8. The number of carbonyl (C=O) groups is 1. The van der Waals surface area contributed by atoms with Crippen LogP contribution in [0.4, 0.5) is 5.69 Å². The van der Waals surface area contributed by atoms with E-state index in [9.17, 15) is 4.79 Å². The Hall–Kier alpha value is -2.06. The molecule has 0 saturated heterocycles. The van der Waals surface area contributed by atoms with E-state index in [2.05, 4.69) is 25.3 Å². The molecule has 0 unspecified atom stereocenters. The van der Waals surface area contributed by atoms with Gasteiger partial charge in [0.25, 0.3) is 0 Å². The van der Waals surface area contributed by atoms with Crippen LogP contribution in [-0.2, 0) is 16.1 Å². The summed E-state index contributed by atoms with van der Waals surface area (Å²) in [5.74, 6) is -0.282. The van der Waals surface area contributed by atoms with Gasteiger partial charge >= 0.3 is 5.97 Å². The number of rotatable bonds is 4. The third-order valence-corrected chi connectivity index (χ3v) is 3.43. The summed E-state index contributed by atoms with van der Waals surface area (Å²) in [5.41, 5.74) is 1.68. The Morgan fingerprint density at radius 3 is 3.00 bits per heavy atom. The predicted molar refractivity (Wildman–Crippen MR) is 81.7 cm³/mol. The maximum atomic E-state index is 10.6. The van der Waals surface area contributed by atoms with Crippen molar-refractivity contribution in [3.63, 3.8) is 0 Å². The van der Waals surface area contributed by atoms with E-state index in [0.717, 1.165) is 15.4 Å². The Morgan fingerprint density at radius 2 is 2.30 bits per heavy atom. The van der Waals surface area contributed by atoms with Gasteiger partial charge in [0.05, 0.1) is 6.57 Å². The van der Waals surface area contributed by atoms with Crippen LogP contribution in [0, 0.1) is 6.57 Å². The molecule has 102 valence electrons. The maximum Gasteiger partial charge on any atom is 0.302 e. The quantitative estimate of drug-likeness (QED) is 0.480. The highest BCUT2D eigenvalue weighted by molar-refractivity contribution is 9.10. The van der Waals surface area contributed by atoms with Crippen LogP contribution in [0.2, 0.25) is 0 Å². The number of hydrogen-bond acceptors (Lipinski definition) is 2. The summed E-state index contributed by atoms with van der Waals surface area (Å²) >= 11 is 3.51. The average Bonchev–Trinajstić information content (AvgIpc) is 2.74. The largest absolute Gasteiger partial charge is 0.462 e. The van der Waals surface area contributed by atoms with Crippen molar-refractivity contribution >= 4 is 38.5 Å². The number of allylic oxidation sites excluding steroid dienone is 1. The number of carbonyl (C=O) groups excluding carboxylic acids is 1. The van der Waals surface area contributed by atoms with Crippen LogP contribution in [0.3, 0.4) is 0 Å². The number of ether oxygens (including phenoxy) is 1. The number of aromatic nitrogens is 1. The highest BCUT2D eigenvalue weighted by Gasteiger charge is 2.06. The summed E-state index contributed by atoms with van der Waals surface area (Å²) in [4.78, 5) is 14.1. The van der Waals surface area contributed by atoms with Crippen molar-refractivity contribution in [3.8, 4) is 0 Å². The Labute approximate surface area is 125 Å². The highest BCUT2D eigenvalue weighted by Crippen LogP contribution is 2.29. The number of esters is 1. The second-order valence-corrected chi connectivity index (χ2v) is 5.07. The minimum absolute atomic E-state index is 0.282. The molecule has 0 atom stereocenters. The predicted octanol–water partition coefficient (Wildman–Crippen LogP) is 4.07. The topological polar surface area (TPSA) is 35.6 Å². The molecule has 0 N–H and O–H groups in total. The lowest BCUT2D eigenvalue weighted by Crippen LogP contribution is -1.98. The SMILES string of the molecule is [C-]#[N+]c1ccc2c(c1)c(Br)cn2C/C=C/COC(C)=O. The van der Waals surface area contributed by atoms with E-state index in [1.165, 1.54) is 6.92 Å². The van der Waals surface area contributed by atoms with Gasteiger partial charge in [-0.2, -0.15) is 0 Å². The molecule has 0 fully saturated rings. The summed E-state index contributed by atoms with van der Waals surface area (Å²) in [6.07, 6.45) is 5.74. The van der Waals surface area contributed by atoms with Crippen molar-refractivity contribution < 1.29 is 9.53 Å². The molecule has 1 aromatic carbocycles. The van der Waals surface area contributed by atoms with Gasteiger partial charge in [0.2, 0.25) is 0 Å². The monoisotopic (exact) mass is 332 g/mol. The van der Waals surface area contributed by atoms with Crippen LogP contribution in [0.1, 0.15) is 6.92 Å². The molecule has 0 radical (unpaired) electrons. The molecule has 1 heterocycles. The molecule has 0 aliphatic carbocycles. The number of benzene rings is 1. The smallest absolute Gasteiger partial charge is 0.302 e. The molecule has 0 aliphatic rings. The summed E-state index contributed by atoms with van der Waals surface area (Å²) in [7, 11) is 0. The van der Waals surface area contributed by atoms with E-state index in [-0.39, 0.29) is 12.6 Å². The zero-order valence-corrected chi connectivity index (χ0v) is 12.6. The van der Waals surface area contributed by atoms with Crippen LogP contribution in [0.5, 0.6) is 0 Å². The minimum atomic E-state index is -0.282. The fourth-order valence-corrected chi connectivity index (χ4v) is 2.45. The Balaban J connectivity index is 2.15. The first kappa shape index (κ1) is 14.4. The van der Waals surface area contributed by atoms with E-state index in [1.807, 2.05) is 30.5 Å². The van der Waals surface area contributed by atoms with E-state index >= 15 is 0 Å². The molecule has 0 amide bonds. The lowest BCUT2D eigenvalue weighted by molar-refractivity contribution is -0.139. The van der Waals surface area contributed by atoms with Crippen LogP contribution < -0.4 is 0 Å². The van der Waals surface area contributed by atoms with Gasteiger partial charge in [0.15, 0.2) is 5.69 Å². The molecular weight excluding hydrogens is 320 g/mol. The first-order chi connectivity index (χ1) is 9.61. The van der Waals surface area contributed by atoms with E-state index < -0.39 is 0 Å². The van der Waals surface area contributed by atoms with Gasteiger partial charge in [-0.25, -0.2) is 4.85 Å². The van der Waals surface area contributed by atoms with Crippen molar-refractivity contribution in [2.24, 2.45) is 0 Å². The summed E-state index contributed by atoms with van der Waals surface area (Å²) in [6, 6.07) is 5.61. The molecule has 0 bridgehead atoms. The van der Waals surface area contributed by atoms with Crippen LogP contribution in [-0.4, -0.2) is 17.1 Å². The molecule has 0 aliphatic heterocycles. The Kier molecular flexibility index (Phi) is 4.59. The lowest BCUT2D eigenvalue weighted by atomic mass is 10.2. The number of hydrogen-bond donors (Lipinski definition) is 0. The molecule has 1 aromatic heterocycles. The van der Waals surface area contributed by atoms with Crippen LogP contribution in [0.15, 0.2) is 41.0 Å². The molecular formula is C15H13BrN2O2. The molecule has 20 heavy (non-hydrogen) atoms. The van der Waals surface area contributed by atoms with Crippen molar-refractivity contribution in [2.45, 2.75) is 13.5 Å². The van der Waals surface area contributed by atoms with Gasteiger partial charge in [-0.3, -0.25) is 4.79 Å². The van der Waals surface area contributed by atoms with Gasteiger partial charge in [-0.1, -0.05) is 12.1 Å². The van der Waals surface area contributed by atoms with Crippen LogP contribution >= 0.6 is 15.9 Å². The number of fused-ring (bicyclic) bond motifs is 1. The lowest BCUT2D eigenvalue weighted by Gasteiger charge is -2.01. The second-order valence-electron chi connectivity index (χ2n) is 4.22. The Bertz CT molecular complexity index is 710. The van der Waals surface area contributed by atoms with Crippen molar-refractivity contribution in [1.82, 2.24) is 4.57 Å². The molecule has 0 spiro atoms. The summed E-state index contributed by atoms with van der Waals surface area (Å²) in [6.45, 7) is 9.40. The zero-order valence-electron chi connectivity index (χ0n) is 11.0. The van der Waals surface area contributed by atoms with E-state index in [0.29, 0.717) is 12.2 Å². The first-order valence-corrected chi connectivity index (χ1v) is 6.85. The van der Waals surface area contributed by atoms with Gasteiger partial charge in [-0.05, 0) is 34.1 Å². The van der Waals surface area contributed by atoms with E-state index in [4.69, 9.17) is 11.3 Å². The fourth-order valence-electron chi connectivity index (χ4n) is 1.88. The third-order valence-electron chi connectivity index (χ3n) is 2.80. The highest BCUT2D eigenvalue weighted by atomic mass is 79.9. The maximum absolute atomic E-state index is 10.6. The van der Waals surface area contributed by atoms with Gasteiger partial charge < -0.3 is 9.30 Å². The van der Waals surface area contributed by atoms with Crippen molar-refractivity contribution in [3.05, 3.63) is 52.4 Å². The zero-order chi connectivity index (χ0) is 14.5. The second kappa shape index (κ2) is 6.40. The summed E-state index contributed by atoms with van der Waals surface area (Å²) < 4.78 is 7.86. The standard InChI is InChI=1S/C15H13BrN2O2/c1-11(19)20-8-4-3-7-18-10-14(16)13-9-12(17-2)5-6-15(13)18/h3-6,9-10H,7-8H2,1H3/b4-3+. The fraction of sp³-hybridized carbons (Fsp3) is 0.200. The van der Waals surface area contributed by atoms with Gasteiger partial charge in [0, 0.05) is 35.0 Å². The average molecular weight is 333 g/mol. The molecule has 2 rings (SSSR count). The van der Waals surface area contributed by atoms with Gasteiger partial charge in [-0.15, -0.1) is 0 Å². The molecule has 4 nitrogen and oxygen atoms in total. The van der Waals surface area contributed by atoms with Crippen molar-refractivity contribution in [1.29, 1.82) is 0 Å². The summed E-state index contributed by atoms with van der Waals surface area (Å²) in [5, 5.41) is 1.02. The first-order valence-electron chi connectivity index (χ1n) is 6.06. The van der Waals surface area contributed by atoms with Crippen LogP contribution in [0.25, 0.3) is 15.7 Å². The van der Waals surface area contributed by atoms with E-state index in [1.54, 1.807) is 6.07 Å². The third kappa shape index (κ3) is 3.28. The number of halogens is 1. The minimum Gasteiger partial charge on any atom is -0.462 e. The molecule has 5 heteroatoms. The Morgan fingerprint density at radius 1 is 1.50 bits per heavy atom. The molecule has 0 saturated carbocycles. The molecule has 2 aromatic rings. The van der Waals surface area contributed by atoms with Crippen molar-refractivity contribution in [2.75, 3.05) is 6.61 Å².